The van der Waals surface area contributed by atoms with Crippen LogP contribution in [0.1, 0.15) is 29.2 Å². The number of amides is 1. The quantitative estimate of drug-likeness (QED) is 0.296. The first-order valence-electron chi connectivity index (χ1n) is 10.5. The number of benzene rings is 2. The van der Waals surface area contributed by atoms with E-state index in [2.05, 4.69) is 12.2 Å². The minimum Gasteiger partial charge on any atom is -0.325 e. The second kappa shape index (κ2) is 9.30. The van der Waals surface area contributed by atoms with Crippen LogP contribution in [0.15, 0.2) is 57.8 Å². The van der Waals surface area contributed by atoms with Crippen molar-refractivity contribution in [3.63, 3.8) is 0 Å². The maximum Gasteiger partial charge on any atom is 0.276 e. The lowest BCUT2D eigenvalue weighted by molar-refractivity contribution is -0.113. The first kappa shape index (κ1) is 22.3. The van der Waals surface area contributed by atoms with Crippen LogP contribution in [0.2, 0.25) is 0 Å². The fourth-order valence-corrected chi connectivity index (χ4v) is 5.23. The van der Waals surface area contributed by atoms with Gasteiger partial charge in [0.05, 0.1) is 17.0 Å². The van der Waals surface area contributed by atoms with Crippen LogP contribution in [0.25, 0.3) is 15.9 Å². The summed E-state index contributed by atoms with van der Waals surface area (Å²) in [5.74, 6) is 0.0379. The van der Waals surface area contributed by atoms with E-state index in [1.807, 2.05) is 68.6 Å². The molecule has 164 valence electrons. The van der Waals surface area contributed by atoms with E-state index in [4.69, 9.17) is 4.98 Å². The lowest BCUT2D eigenvalue weighted by Gasteiger charge is -2.16. The van der Waals surface area contributed by atoms with Gasteiger partial charge >= 0.3 is 0 Å². The number of para-hydroxylation sites is 1. The Labute approximate surface area is 195 Å². The molecule has 0 saturated heterocycles. The van der Waals surface area contributed by atoms with Crippen LogP contribution >= 0.6 is 23.1 Å². The van der Waals surface area contributed by atoms with E-state index in [0.717, 1.165) is 40.0 Å². The van der Waals surface area contributed by atoms with Crippen molar-refractivity contribution in [2.75, 3.05) is 11.1 Å². The number of anilines is 1. The Morgan fingerprint density at radius 2 is 1.94 bits per heavy atom. The van der Waals surface area contributed by atoms with Crippen LogP contribution in [0, 0.1) is 20.8 Å². The molecule has 7 heteroatoms. The topological polar surface area (TPSA) is 64.0 Å². The van der Waals surface area contributed by atoms with Gasteiger partial charge in [0.1, 0.15) is 4.70 Å². The third-order valence-electron chi connectivity index (χ3n) is 5.39. The van der Waals surface area contributed by atoms with Crippen molar-refractivity contribution in [3.8, 4) is 5.69 Å². The molecule has 0 fully saturated rings. The number of thiophene rings is 1. The maximum absolute atomic E-state index is 13.4. The molecule has 0 unspecified atom stereocenters. The van der Waals surface area contributed by atoms with Gasteiger partial charge in [-0.05, 0) is 67.0 Å². The lowest BCUT2D eigenvalue weighted by Crippen LogP contribution is -2.23. The number of aryl methyl sites for hydroxylation is 4. The predicted molar refractivity (Wildman–Crippen MR) is 135 cm³/mol. The zero-order valence-electron chi connectivity index (χ0n) is 18.6. The van der Waals surface area contributed by atoms with Crippen LogP contribution in [-0.4, -0.2) is 21.2 Å². The number of rotatable bonds is 6. The predicted octanol–water partition coefficient (Wildman–Crippen LogP) is 5.67. The summed E-state index contributed by atoms with van der Waals surface area (Å²) in [5, 5.41) is 5.45. The van der Waals surface area contributed by atoms with E-state index < -0.39 is 0 Å². The average molecular weight is 464 g/mol. The number of nitrogens with zero attached hydrogens (tertiary/aromatic N) is 2. The molecule has 0 atom stereocenters. The van der Waals surface area contributed by atoms with Crippen LogP contribution in [0.3, 0.4) is 0 Å². The molecule has 1 amide bonds. The van der Waals surface area contributed by atoms with Crippen molar-refractivity contribution in [1.29, 1.82) is 0 Å². The van der Waals surface area contributed by atoms with E-state index in [-0.39, 0.29) is 17.2 Å². The van der Waals surface area contributed by atoms with E-state index in [1.54, 1.807) is 4.57 Å². The van der Waals surface area contributed by atoms with Gasteiger partial charge in [0.2, 0.25) is 5.91 Å². The third kappa shape index (κ3) is 4.36. The van der Waals surface area contributed by atoms with E-state index in [9.17, 15) is 9.59 Å². The average Bonchev–Trinajstić information content (AvgIpc) is 3.25. The monoisotopic (exact) mass is 463 g/mol. The summed E-state index contributed by atoms with van der Waals surface area (Å²) in [7, 11) is 0. The number of fused-ring (bicyclic) bond motifs is 1. The Morgan fingerprint density at radius 3 is 2.72 bits per heavy atom. The van der Waals surface area contributed by atoms with Gasteiger partial charge in [-0.15, -0.1) is 11.3 Å². The van der Waals surface area contributed by atoms with Gasteiger partial charge < -0.3 is 5.32 Å². The Bertz CT molecular complexity index is 1370. The van der Waals surface area contributed by atoms with Gasteiger partial charge in [0.25, 0.3) is 5.56 Å². The SMILES string of the molecule is CCc1cccc(C)c1NC(=O)CSc1nc2ccsc2c(=O)n1-c1cc(C)ccc1C. The second-order valence-corrected chi connectivity index (χ2v) is 9.62. The van der Waals surface area contributed by atoms with Gasteiger partial charge in [0, 0.05) is 5.69 Å². The molecular weight excluding hydrogens is 438 g/mol. The summed E-state index contributed by atoms with van der Waals surface area (Å²) in [6.07, 6.45) is 0.840. The lowest BCUT2D eigenvalue weighted by atomic mass is 10.1. The summed E-state index contributed by atoms with van der Waals surface area (Å²) < 4.78 is 2.26. The first-order valence-corrected chi connectivity index (χ1v) is 12.3. The van der Waals surface area contributed by atoms with Gasteiger partial charge in [-0.1, -0.05) is 49.0 Å². The first-order chi connectivity index (χ1) is 15.4. The highest BCUT2D eigenvalue weighted by molar-refractivity contribution is 7.99. The zero-order valence-corrected chi connectivity index (χ0v) is 20.2. The number of thioether (sulfide) groups is 1. The molecule has 0 radical (unpaired) electrons. The number of aromatic nitrogens is 2. The van der Waals surface area contributed by atoms with Crippen molar-refractivity contribution in [3.05, 3.63) is 80.5 Å². The largest absolute Gasteiger partial charge is 0.325 e. The van der Waals surface area contributed by atoms with Crippen molar-refractivity contribution in [2.24, 2.45) is 0 Å². The summed E-state index contributed by atoms with van der Waals surface area (Å²) in [5.41, 5.74) is 6.41. The smallest absolute Gasteiger partial charge is 0.276 e. The molecule has 0 spiro atoms. The molecule has 0 aliphatic heterocycles. The number of carbonyl (C=O) groups is 1. The van der Waals surface area contributed by atoms with E-state index in [0.29, 0.717) is 15.4 Å². The molecule has 0 saturated carbocycles. The molecule has 0 bridgehead atoms. The maximum atomic E-state index is 13.4. The minimum absolute atomic E-state index is 0.103. The Morgan fingerprint density at radius 1 is 1.12 bits per heavy atom. The fraction of sp³-hybridized carbons (Fsp3) is 0.240. The summed E-state index contributed by atoms with van der Waals surface area (Å²) >= 11 is 2.67. The van der Waals surface area contributed by atoms with Crippen LogP contribution < -0.4 is 10.9 Å². The Balaban J connectivity index is 1.68. The van der Waals surface area contributed by atoms with Gasteiger partial charge in [-0.2, -0.15) is 0 Å². The molecule has 32 heavy (non-hydrogen) atoms. The van der Waals surface area contributed by atoms with Gasteiger partial charge in [0.15, 0.2) is 5.16 Å². The summed E-state index contributed by atoms with van der Waals surface area (Å²) in [4.78, 5) is 30.9. The molecule has 0 aliphatic carbocycles. The van der Waals surface area contributed by atoms with Crippen molar-refractivity contribution in [1.82, 2.24) is 9.55 Å². The third-order valence-corrected chi connectivity index (χ3v) is 7.22. The van der Waals surface area contributed by atoms with E-state index in [1.165, 1.54) is 23.1 Å². The molecule has 5 nitrogen and oxygen atoms in total. The highest BCUT2D eigenvalue weighted by Gasteiger charge is 2.18. The highest BCUT2D eigenvalue weighted by atomic mass is 32.2. The highest BCUT2D eigenvalue weighted by Crippen LogP contribution is 2.26. The zero-order chi connectivity index (χ0) is 22.8. The summed E-state index contributed by atoms with van der Waals surface area (Å²) in [6, 6.07) is 13.9. The van der Waals surface area contributed by atoms with Crippen molar-refractivity contribution < 1.29 is 4.79 Å². The number of nitrogens with one attached hydrogen (secondary N) is 1. The second-order valence-electron chi connectivity index (χ2n) is 7.76. The van der Waals surface area contributed by atoms with Crippen molar-refractivity contribution in [2.45, 2.75) is 39.3 Å². The number of hydrogen-bond acceptors (Lipinski definition) is 5. The number of hydrogen-bond donors (Lipinski definition) is 1. The van der Waals surface area contributed by atoms with Crippen LogP contribution in [0.5, 0.6) is 0 Å². The molecule has 2 aromatic carbocycles. The minimum atomic E-state index is -0.119. The standard InChI is InChI=1S/C25H25N3O2S2/c1-5-18-8-6-7-17(4)22(18)27-21(29)14-32-25-26-19-11-12-31-23(19)24(30)28(25)20-13-15(2)9-10-16(20)3/h6-13H,5,14H2,1-4H3,(H,27,29). The molecule has 2 heterocycles. The molecule has 4 aromatic rings. The van der Waals surface area contributed by atoms with Crippen LogP contribution in [-0.2, 0) is 11.2 Å². The molecule has 4 rings (SSSR count). The summed E-state index contributed by atoms with van der Waals surface area (Å²) in [6.45, 7) is 8.04. The van der Waals surface area contributed by atoms with Crippen molar-refractivity contribution >= 4 is 44.9 Å². The van der Waals surface area contributed by atoms with Gasteiger partial charge in [-0.3, -0.25) is 14.2 Å². The Hall–Kier alpha value is -2.90. The normalized spacial score (nSPS) is 11.1. The number of carbonyl (C=O) groups excluding carboxylic acids is 1. The molecule has 1 N–H and O–H groups in total. The van der Waals surface area contributed by atoms with Gasteiger partial charge in [-0.25, -0.2) is 4.98 Å². The molecular formula is C25H25N3O2S2. The van der Waals surface area contributed by atoms with Crippen LogP contribution in [0.4, 0.5) is 5.69 Å². The molecule has 0 aliphatic rings. The molecule has 2 aromatic heterocycles. The fourth-order valence-electron chi connectivity index (χ4n) is 3.67. The Kier molecular flexibility index (Phi) is 6.48. The van der Waals surface area contributed by atoms with E-state index >= 15 is 0 Å².